The molecule has 0 spiro atoms. The number of nitrogens with two attached hydrogens (primary N) is 1. The van der Waals surface area contributed by atoms with Crippen molar-refractivity contribution in [3.8, 4) is 9.88 Å². The Morgan fingerprint density at radius 1 is 1.15 bits per heavy atom. The molecule has 0 aliphatic rings. The van der Waals surface area contributed by atoms with E-state index in [1.807, 2.05) is 6.07 Å². The van der Waals surface area contributed by atoms with Crippen molar-refractivity contribution in [2.45, 2.75) is 19.4 Å². The van der Waals surface area contributed by atoms with Crippen LogP contribution in [-0.4, -0.2) is 4.98 Å². The number of benzene rings is 1. The molecule has 3 rings (SSSR count). The van der Waals surface area contributed by atoms with Crippen molar-refractivity contribution in [2.24, 2.45) is 5.73 Å². The number of hydrogen-bond acceptors (Lipinski definition) is 4. The Kier molecular flexibility index (Phi) is 3.96. The summed E-state index contributed by atoms with van der Waals surface area (Å²) in [6.07, 6.45) is 0.827. The van der Waals surface area contributed by atoms with Gasteiger partial charge in [-0.25, -0.2) is 4.98 Å². The van der Waals surface area contributed by atoms with Crippen LogP contribution in [0.1, 0.15) is 22.9 Å². The van der Waals surface area contributed by atoms with E-state index in [2.05, 4.69) is 53.0 Å². The predicted octanol–water partition coefficient (Wildman–Crippen LogP) is 4.42. The molecule has 2 aromatic heterocycles. The van der Waals surface area contributed by atoms with Crippen LogP contribution in [0, 0.1) is 6.92 Å². The van der Waals surface area contributed by atoms with Crippen molar-refractivity contribution in [1.82, 2.24) is 4.98 Å². The number of hydrogen-bond donors (Lipinski definition) is 1. The zero-order valence-corrected chi connectivity index (χ0v) is 12.9. The van der Waals surface area contributed by atoms with Crippen LogP contribution in [0.3, 0.4) is 0 Å². The highest BCUT2D eigenvalue weighted by molar-refractivity contribution is 7.20. The summed E-state index contributed by atoms with van der Waals surface area (Å²) in [6.45, 7) is 2.09. The van der Waals surface area contributed by atoms with E-state index in [9.17, 15) is 0 Å². The predicted molar refractivity (Wildman–Crippen MR) is 87.2 cm³/mol. The van der Waals surface area contributed by atoms with Crippen LogP contribution in [0.15, 0.2) is 47.2 Å². The van der Waals surface area contributed by atoms with Crippen molar-refractivity contribution in [2.75, 3.05) is 0 Å². The van der Waals surface area contributed by atoms with Gasteiger partial charge in [0.25, 0.3) is 0 Å². The fourth-order valence-corrected chi connectivity index (χ4v) is 3.75. The van der Waals surface area contributed by atoms with Gasteiger partial charge in [-0.2, -0.15) is 0 Å². The first kappa shape index (κ1) is 13.5. The Bertz CT molecular complexity index is 669. The lowest BCUT2D eigenvalue weighted by molar-refractivity contribution is 0.702. The standard InChI is InChI=1S/C16H16N2S2/c1-11-4-6-12(7-5-11)9-13(17)14-10-20-16(18-14)15-3-2-8-19-15/h2-8,10,13H,9,17H2,1H3/t13-/m0/s1. The Morgan fingerprint density at radius 2 is 1.95 bits per heavy atom. The third-order valence-electron chi connectivity index (χ3n) is 3.21. The van der Waals surface area contributed by atoms with Crippen LogP contribution >= 0.6 is 22.7 Å². The zero-order chi connectivity index (χ0) is 13.9. The third-order valence-corrected chi connectivity index (χ3v) is 5.11. The van der Waals surface area contributed by atoms with Crippen molar-refractivity contribution in [1.29, 1.82) is 0 Å². The Hall–Kier alpha value is -1.49. The van der Waals surface area contributed by atoms with Gasteiger partial charge in [-0.05, 0) is 30.4 Å². The molecule has 2 nitrogen and oxygen atoms in total. The highest BCUT2D eigenvalue weighted by Crippen LogP contribution is 2.29. The minimum Gasteiger partial charge on any atom is -0.322 e. The summed E-state index contributed by atoms with van der Waals surface area (Å²) in [4.78, 5) is 5.88. The van der Waals surface area contributed by atoms with Gasteiger partial charge in [-0.3, -0.25) is 0 Å². The molecule has 0 amide bonds. The van der Waals surface area contributed by atoms with Crippen LogP contribution in [0.5, 0.6) is 0 Å². The van der Waals surface area contributed by atoms with E-state index in [0.717, 1.165) is 17.1 Å². The van der Waals surface area contributed by atoms with Crippen LogP contribution in [0.4, 0.5) is 0 Å². The van der Waals surface area contributed by atoms with E-state index < -0.39 is 0 Å². The Morgan fingerprint density at radius 3 is 2.65 bits per heavy atom. The molecule has 1 atom stereocenters. The van der Waals surface area contributed by atoms with Crippen LogP contribution < -0.4 is 5.73 Å². The summed E-state index contributed by atoms with van der Waals surface area (Å²) in [6, 6.07) is 12.6. The molecule has 0 aliphatic heterocycles. The molecule has 0 radical (unpaired) electrons. The Balaban J connectivity index is 1.74. The molecule has 0 saturated heterocycles. The molecule has 0 fully saturated rings. The summed E-state index contributed by atoms with van der Waals surface area (Å²) >= 11 is 3.38. The molecular formula is C16H16N2S2. The van der Waals surface area contributed by atoms with E-state index in [1.54, 1.807) is 22.7 Å². The average Bonchev–Trinajstić information content (AvgIpc) is 3.11. The van der Waals surface area contributed by atoms with E-state index in [1.165, 1.54) is 16.0 Å². The minimum atomic E-state index is -0.0392. The molecule has 0 bridgehead atoms. The summed E-state index contributed by atoms with van der Waals surface area (Å²) < 4.78 is 0. The number of aryl methyl sites for hydroxylation is 1. The lowest BCUT2D eigenvalue weighted by Gasteiger charge is -2.09. The smallest absolute Gasteiger partial charge is 0.133 e. The van der Waals surface area contributed by atoms with Crippen molar-refractivity contribution in [3.63, 3.8) is 0 Å². The van der Waals surface area contributed by atoms with Crippen molar-refractivity contribution >= 4 is 22.7 Å². The van der Waals surface area contributed by atoms with E-state index in [0.29, 0.717) is 0 Å². The highest BCUT2D eigenvalue weighted by atomic mass is 32.1. The summed E-state index contributed by atoms with van der Waals surface area (Å²) in [5, 5.41) is 5.21. The topological polar surface area (TPSA) is 38.9 Å². The van der Waals surface area contributed by atoms with Crippen molar-refractivity contribution in [3.05, 3.63) is 64.0 Å². The fourth-order valence-electron chi connectivity index (χ4n) is 2.05. The molecule has 2 N–H and O–H groups in total. The van der Waals surface area contributed by atoms with Crippen LogP contribution in [0.25, 0.3) is 9.88 Å². The summed E-state index contributed by atoms with van der Waals surface area (Å²) in [5.41, 5.74) is 9.80. The molecule has 20 heavy (non-hydrogen) atoms. The fraction of sp³-hybridized carbons (Fsp3) is 0.188. The van der Waals surface area contributed by atoms with E-state index in [-0.39, 0.29) is 6.04 Å². The summed E-state index contributed by atoms with van der Waals surface area (Å²) in [7, 11) is 0. The number of thiophene rings is 1. The maximum Gasteiger partial charge on any atom is 0.133 e. The maximum absolute atomic E-state index is 6.28. The highest BCUT2D eigenvalue weighted by Gasteiger charge is 2.12. The molecule has 2 heterocycles. The van der Waals surface area contributed by atoms with Gasteiger partial charge in [-0.1, -0.05) is 35.9 Å². The first-order valence-corrected chi connectivity index (χ1v) is 8.29. The lowest BCUT2D eigenvalue weighted by atomic mass is 10.0. The number of nitrogens with zero attached hydrogens (tertiary/aromatic N) is 1. The maximum atomic E-state index is 6.28. The number of rotatable bonds is 4. The van der Waals surface area contributed by atoms with E-state index in [4.69, 9.17) is 5.73 Å². The van der Waals surface area contributed by atoms with Gasteiger partial charge in [0.2, 0.25) is 0 Å². The van der Waals surface area contributed by atoms with Gasteiger partial charge in [0, 0.05) is 5.38 Å². The largest absolute Gasteiger partial charge is 0.322 e. The lowest BCUT2D eigenvalue weighted by Crippen LogP contribution is -2.13. The van der Waals surface area contributed by atoms with Gasteiger partial charge in [0.1, 0.15) is 5.01 Å². The second-order valence-electron chi connectivity index (χ2n) is 4.85. The normalized spacial score (nSPS) is 12.5. The molecule has 1 aromatic carbocycles. The molecule has 0 unspecified atom stereocenters. The average molecular weight is 300 g/mol. The Labute approximate surface area is 126 Å². The minimum absolute atomic E-state index is 0.0392. The second-order valence-corrected chi connectivity index (χ2v) is 6.66. The quantitative estimate of drug-likeness (QED) is 0.774. The SMILES string of the molecule is Cc1ccc(C[C@H](N)c2csc(-c3cccs3)n2)cc1. The molecular weight excluding hydrogens is 284 g/mol. The molecule has 0 aliphatic carbocycles. The zero-order valence-electron chi connectivity index (χ0n) is 11.2. The van der Waals surface area contributed by atoms with Gasteiger partial charge in [0.15, 0.2) is 0 Å². The molecule has 4 heteroatoms. The van der Waals surface area contributed by atoms with E-state index >= 15 is 0 Å². The van der Waals surface area contributed by atoms with Crippen molar-refractivity contribution < 1.29 is 0 Å². The number of thiazole rings is 1. The first-order valence-electron chi connectivity index (χ1n) is 6.53. The molecule has 102 valence electrons. The summed E-state index contributed by atoms with van der Waals surface area (Å²) in [5.74, 6) is 0. The van der Waals surface area contributed by atoms with Crippen LogP contribution in [-0.2, 0) is 6.42 Å². The van der Waals surface area contributed by atoms with Gasteiger partial charge < -0.3 is 5.73 Å². The van der Waals surface area contributed by atoms with Gasteiger partial charge >= 0.3 is 0 Å². The van der Waals surface area contributed by atoms with Gasteiger partial charge in [-0.15, -0.1) is 22.7 Å². The third kappa shape index (κ3) is 2.98. The monoisotopic (exact) mass is 300 g/mol. The number of aromatic nitrogens is 1. The first-order chi connectivity index (χ1) is 9.72. The van der Waals surface area contributed by atoms with Gasteiger partial charge in [0.05, 0.1) is 16.6 Å². The van der Waals surface area contributed by atoms with Crippen LogP contribution in [0.2, 0.25) is 0 Å². The molecule has 0 saturated carbocycles. The molecule has 3 aromatic rings. The second kappa shape index (κ2) is 5.87.